The van der Waals surface area contributed by atoms with Gasteiger partial charge in [0.05, 0.1) is 0 Å². The lowest BCUT2D eigenvalue weighted by atomic mass is 9.93. The molecule has 0 N–H and O–H groups in total. The molecule has 2 bridgehead atoms. The minimum atomic E-state index is 0.222. The molecule has 0 aromatic carbocycles. The van der Waals surface area contributed by atoms with Crippen molar-refractivity contribution < 1.29 is 4.79 Å². The summed E-state index contributed by atoms with van der Waals surface area (Å²) in [5.74, 6) is 1.06. The zero-order valence-corrected chi connectivity index (χ0v) is 5.08. The number of hydrogen-bond acceptors (Lipinski definition) is 1. The molecule has 0 amide bonds. The van der Waals surface area contributed by atoms with Crippen LogP contribution in [0, 0.1) is 11.8 Å². The van der Waals surface area contributed by atoms with Crippen LogP contribution in [-0.4, -0.2) is 5.78 Å². The van der Waals surface area contributed by atoms with Crippen molar-refractivity contribution in [1.29, 1.82) is 0 Å². The van der Waals surface area contributed by atoms with E-state index in [-0.39, 0.29) is 11.7 Å². The predicted molar refractivity (Wildman–Crippen MR) is 34.9 cm³/mol. The summed E-state index contributed by atoms with van der Waals surface area (Å²) in [6, 6.07) is 0. The summed E-state index contributed by atoms with van der Waals surface area (Å²) in [6.07, 6.45) is 8.86. The Morgan fingerprint density at radius 1 is 1.33 bits per heavy atom. The van der Waals surface area contributed by atoms with Gasteiger partial charge in [0.2, 0.25) is 0 Å². The molecule has 0 radical (unpaired) electrons. The highest BCUT2D eigenvalue weighted by molar-refractivity contribution is 5.94. The Morgan fingerprint density at radius 3 is 3.00 bits per heavy atom. The third-order valence-corrected chi connectivity index (χ3v) is 1.99. The van der Waals surface area contributed by atoms with E-state index in [2.05, 4.69) is 6.08 Å². The van der Waals surface area contributed by atoms with Crippen LogP contribution in [0.3, 0.4) is 0 Å². The Labute approximate surface area is 54.1 Å². The van der Waals surface area contributed by atoms with E-state index in [0.717, 1.165) is 6.42 Å². The monoisotopic (exact) mass is 120 g/mol. The number of allylic oxidation sites excluding steroid dienone is 4. The van der Waals surface area contributed by atoms with Crippen LogP contribution in [0.1, 0.15) is 6.42 Å². The third-order valence-electron chi connectivity index (χ3n) is 1.99. The van der Waals surface area contributed by atoms with Gasteiger partial charge in [0.15, 0.2) is 5.78 Å². The van der Waals surface area contributed by atoms with Gasteiger partial charge in [-0.3, -0.25) is 4.79 Å². The van der Waals surface area contributed by atoms with Crippen molar-refractivity contribution in [2.75, 3.05) is 0 Å². The molecular formula is C8H8O. The van der Waals surface area contributed by atoms with Crippen molar-refractivity contribution in [2.24, 2.45) is 11.8 Å². The second kappa shape index (κ2) is 1.56. The lowest BCUT2D eigenvalue weighted by molar-refractivity contribution is -0.117. The molecule has 1 heteroatoms. The van der Waals surface area contributed by atoms with Crippen LogP contribution in [0.4, 0.5) is 0 Å². The maximum absolute atomic E-state index is 10.9. The lowest BCUT2D eigenvalue weighted by Gasteiger charge is -2.09. The van der Waals surface area contributed by atoms with Gasteiger partial charge in [-0.25, -0.2) is 0 Å². The first-order valence-corrected chi connectivity index (χ1v) is 3.26. The number of fused-ring (bicyclic) bond motifs is 2. The molecule has 0 saturated carbocycles. The highest BCUT2D eigenvalue weighted by Crippen LogP contribution is 2.29. The Kier molecular flexibility index (Phi) is 0.865. The van der Waals surface area contributed by atoms with Crippen LogP contribution in [0.25, 0.3) is 0 Å². The Hall–Kier alpha value is -0.850. The second-order valence-corrected chi connectivity index (χ2v) is 2.65. The molecule has 0 aromatic heterocycles. The highest BCUT2D eigenvalue weighted by Gasteiger charge is 2.25. The van der Waals surface area contributed by atoms with Crippen molar-refractivity contribution in [3.63, 3.8) is 0 Å². The molecular weight excluding hydrogens is 112 g/mol. The number of rotatable bonds is 0. The summed E-state index contributed by atoms with van der Waals surface area (Å²) in [5, 5.41) is 0. The van der Waals surface area contributed by atoms with Crippen LogP contribution in [0.15, 0.2) is 24.3 Å². The maximum Gasteiger partial charge on any atom is 0.162 e. The smallest absolute Gasteiger partial charge is 0.162 e. The molecule has 2 aliphatic carbocycles. The van der Waals surface area contributed by atoms with Gasteiger partial charge in [0.1, 0.15) is 0 Å². The Bertz CT molecular complexity index is 201. The average molecular weight is 120 g/mol. The van der Waals surface area contributed by atoms with Crippen LogP contribution >= 0.6 is 0 Å². The molecule has 2 atom stereocenters. The van der Waals surface area contributed by atoms with Crippen LogP contribution in [0.5, 0.6) is 0 Å². The number of carbonyl (C=O) groups is 1. The minimum Gasteiger partial charge on any atom is -0.294 e. The van der Waals surface area contributed by atoms with Crippen LogP contribution in [-0.2, 0) is 4.79 Å². The van der Waals surface area contributed by atoms with Crippen molar-refractivity contribution in [3.05, 3.63) is 24.3 Å². The summed E-state index contributed by atoms with van der Waals surface area (Å²) in [7, 11) is 0. The molecule has 0 aliphatic heterocycles. The van der Waals surface area contributed by atoms with E-state index >= 15 is 0 Å². The van der Waals surface area contributed by atoms with Gasteiger partial charge in [-0.1, -0.05) is 18.2 Å². The van der Waals surface area contributed by atoms with Gasteiger partial charge in [-0.05, 0) is 18.4 Å². The fourth-order valence-corrected chi connectivity index (χ4v) is 1.42. The Balaban J connectivity index is 2.39. The van der Waals surface area contributed by atoms with E-state index < -0.39 is 0 Å². The molecule has 0 unspecified atom stereocenters. The maximum atomic E-state index is 10.9. The van der Waals surface area contributed by atoms with Gasteiger partial charge >= 0.3 is 0 Å². The summed E-state index contributed by atoms with van der Waals surface area (Å²) in [5.41, 5.74) is 0. The normalized spacial score (nSPS) is 38.0. The molecule has 0 spiro atoms. The van der Waals surface area contributed by atoms with Crippen LogP contribution in [0.2, 0.25) is 0 Å². The van der Waals surface area contributed by atoms with E-state index in [1.807, 2.05) is 12.2 Å². The average Bonchev–Trinajstić information content (AvgIpc) is 2.25. The van der Waals surface area contributed by atoms with E-state index in [0.29, 0.717) is 5.92 Å². The summed E-state index contributed by atoms with van der Waals surface area (Å²) < 4.78 is 0. The third kappa shape index (κ3) is 0.645. The summed E-state index contributed by atoms with van der Waals surface area (Å²) >= 11 is 0. The Morgan fingerprint density at radius 2 is 2.22 bits per heavy atom. The van der Waals surface area contributed by atoms with Crippen molar-refractivity contribution in [1.82, 2.24) is 0 Å². The minimum absolute atomic E-state index is 0.222. The standard InChI is InChI=1S/C8H8O/c9-8-4-2-6-1-3-7(8)5-6/h1-4,6-7H,5H2/t6-,7+/m1/s1. The zero-order valence-electron chi connectivity index (χ0n) is 5.08. The molecule has 2 rings (SSSR count). The van der Waals surface area contributed by atoms with Gasteiger partial charge < -0.3 is 0 Å². The van der Waals surface area contributed by atoms with Crippen molar-refractivity contribution >= 4 is 5.78 Å². The number of carbonyl (C=O) groups excluding carboxylic acids is 1. The zero-order chi connectivity index (χ0) is 6.27. The summed E-state index contributed by atoms with van der Waals surface area (Å²) in [4.78, 5) is 10.9. The largest absolute Gasteiger partial charge is 0.294 e. The van der Waals surface area contributed by atoms with E-state index in [4.69, 9.17) is 0 Å². The fourth-order valence-electron chi connectivity index (χ4n) is 1.42. The van der Waals surface area contributed by atoms with Crippen molar-refractivity contribution in [3.8, 4) is 0 Å². The number of ketones is 1. The second-order valence-electron chi connectivity index (χ2n) is 2.65. The molecule has 0 saturated heterocycles. The van der Waals surface area contributed by atoms with Crippen molar-refractivity contribution in [2.45, 2.75) is 6.42 Å². The van der Waals surface area contributed by atoms with Crippen LogP contribution < -0.4 is 0 Å². The molecule has 1 nitrogen and oxygen atoms in total. The topological polar surface area (TPSA) is 17.1 Å². The van der Waals surface area contributed by atoms with E-state index in [9.17, 15) is 4.79 Å². The molecule has 2 aliphatic rings. The quantitative estimate of drug-likeness (QED) is 0.440. The molecule has 46 valence electrons. The summed E-state index contributed by atoms with van der Waals surface area (Å²) in [6.45, 7) is 0. The van der Waals surface area contributed by atoms with Gasteiger partial charge in [0.25, 0.3) is 0 Å². The predicted octanol–water partition coefficient (Wildman–Crippen LogP) is 1.32. The first-order valence-electron chi connectivity index (χ1n) is 3.26. The van der Waals surface area contributed by atoms with Gasteiger partial charge in [0, 0.05) is 5.92 Å². The SMILES string of the molecule is O=C1C=C[C@H]2C=C[C@H]1C2. The van der Waals surface area contributed by atoms with Gasteiger partial charge in [-0.2, -0.15) is 0 Å². The first kappa shape index (κ1) is 4.98. The highest BCUT2D eigenvalue weighted by atomic mass is 16.1. The van der Waals surface area contributed by atoms with E-state index in [1.54, 1.807) is 6.08 Å². The first-order chi connectivity index (χ1) is 4.36. The molecule has 9 heavy (non-hydrogen) atoms. The lowest BCUT2D eigenvalue weighted by Crippen LogP contribution is -2.11. The molecule has 0 aromatic rings. The number of hydrogen-bond donors (Lipinski definition) is 0. The molecule has 0 fully saturated rings. The molecule has 0 heterocycles. The fraction of sp³-hybridized carbons (Fsp3) is 0.375. The van der Waals surface area contributed by atoms with E-state index in [1.165, 1.54) is 0 Å². The van der Waals surface area contributed by atoms with Gasteiger partial charge in [-0.15, -0.1) is 0 Å².